The fraction of sp³-hybridized carbons (Fsp3) is 0. The molecular weight excluding hydrogens is 279 g/mol. The van der Waals surface area contributed by atoms with Gasteiger partial charge < -0.3 is 11.1 Å². The Balaban J connectivity index is 2.31. The van der Waals surface area contributed by atoms with Gasteiger partial charge in [-0.25, -0.2) is 0 Å². The van der Waals surface area contributed by atoms with Gasteiger partial charge in [-0.2, -0.15) is 0 Å². The van der Waals surface area contributed by atoms with E-state index in [2.05, 4.69) is 5.32 Å². The summed E-state index contributed by atoms with van der Waals surface area (Å²) in [4.78, 5) is 0. The van der Waals surface area contributed by atoms with E-state index in [9.17, 15) is 0 Å². The summed E-state index contributed by atoms with van der Waals surface area (Å²) in [6, 6.07) is 10.4. The maximum Gasteiger partial charge on any atom is 0.0661 e. The third kappa shape index (κ3) is 3.19. The summed E-state index contributed by atoms with van der Waals surface area (Å²) in [6.07, 6.45) is 0. The van der Waals surface area contributed by atoms with Gasteiger partial charge >= 0.3 is 0 Å². The maximum atomic E-state index is 6.05. The summed E-state index contributed by atoms with van der Waals surface area (Å²) < 4.78 is 0. The van der Waals surface area contributed by atoms with Crippen LogP contribution in [-0.2, 0) is 0 Å². The Morgan fingerprint density at radius 2 is 1.53 bits per heavy atom. The van der Waals surface area contributed by atoms with Crippen molar-refractivity contribution in [2.45, 2.75) is 0 Å². The Bertz CT molecular complexity index is 535. The van der Waals surface area contributed by atoms with E-state index in [-0.39, 0.29) is 0 Å². The molecule has 2 aromatic rings. The third-order valence-electron chi connectivity index (χ3n) is 2.13. The van der Waals surface area contributed by atoms with Crippen LogP contribution in [0, 0.1) is 0 Å². The number of halogens is 3. The minimum Gasteiger partial charge on any atom is -0.399 e. The summed E-state index contributed by atoms with van der Waals surface area (Å²) in [5, 5.41) is 4.79. The van der Waals surface area contributed by atoms with Gasteiger partial charge in [0.25, 0.3) is 0 Å². The lowest BCUT2D eigenvalue weighted by Crippen LogP contribution is -1.93. The lowest BCUT2D eigenvalue weighted by atomic mass is 10.2. The zero-order valence-electron chi connectivity index (χ0n) is 8.68. The molecule has 3 N–H and O–H groups in total. The van der Waals surface area contributed by atoms with Crippen molar-refractivity contribution in [2.24, 2.45) is 0 Å². The number of rotatable bonds is 2. The molecule has 17 heavy (non-hydrogen) atoms. The SMILES string of the molecule is Nc1ccc(Nc2cc(Cl)cc(Cl)c2)c(Cl)c1. The molecule has 2 rings (SSSR count). The molecule has 2 aromatic carbocycles. The van der Waals surface area contributed by atoms with E-state index in [1.165, 1.54) is 0 Å². The van der Waals surface area contributed by atoms with Gasteiger partial charge in [-0.05, 0) is 36.4 Å². The zero-order chi connectivity index (χ0) is 12.4. The second-order valence-corrected chi connectivity index (χ2v) is 4.80. The molecule has 0 bridgehead atoms. The van der Waals surface area contributed by atoms with Gasteiger partial charge in [0.2, 0.25) is 0 Å². The Morgan fingerprint density at radius 1 is 0.882 bits per heavy atom. The molecule has 0 aliphatic heterocycles. The molecule has 0 amide bonds. The Labute approximate surface area is 114 Å². The largest absolute Gasteiger partial charge is 0.399 e. The second-order valence-electron chi connectivity index (χ2n) is 3.52. The van der Waals surface area contributed by atoms with Gasteiger partial charge in [-0.3, -0.25) is 0 Å². The summed E-state index contributed by atoms with van der Waals surface area (Å²) in [6.45, 7) is 0. The first kappa shape index (κ1) is 12.4. The Morgan fingerprint density at radius 3 is 2.12 bits per heavy atom. The van der Waals surface area contributed by atoms with Crippen LogP contribution in [0.15, 0.2) is 36.4 Å². The molecule has 0 aromatic heterocycles. The number of anilines is 3. The fourth-order valence-electron chi connectivity index (χ4n) is 1.41. The Hall–Kier alpha value is -1.09. The van der Waals surface area contributed by atoms with Gasteiger partial charge in [0.15, 0.2) is 0 Å². The summed E-state index contributed by atoms with van der Waals surface area (Å²) in [7, 11) is 0. The van der Waals surface area contributed by atoms with E-state index >= 15 is 0 Å². The summed E-state index contributed by atoms with van der Waals surface area (Å²) in [5.74, 6) is 0. The summed E-state index contributed by atoms with van der Waals surface area (Å²) in [5.41, 5.74) is 7.75. The first-order valence-corrected chi connectivity index (χ1v) is 5.96. The molecule has 0 saturated heterocycles. The number of nitrogens with two attached hydrogens (primary N) is 1. The molecule has 0 heterocycles. The molecule has 0 aliphatic carbocycles. The monoisotopic (exact) mass is 286 g/mol. The van der Waals surface area contributed by atoms with Crippen molar-refractivity contribution in [2.75, 3.05) is 11.1 Å². The van der Waals surface area contributed by atoms with Crippen LogP contribution in [0.3, 0.4) is 0 Å². The first-order valence-electron chi connectivity index (χ1n) is 4.83. The average molecular weight is 288 g/mol. The quantitative estimate of drug-likeness (QED) is 0.765. The average Bonchev–Trinajstić information content (AvgIpc) is 2.21. The van der Waals surface area contributed by atoms with Gasteiger partial charge in [-0.1, -0.05) is 34.8 Å². The van der Waals surface area contributed by atoms with Gasteiger partial charge in [-0.15, -0.1) is 0 Å². The molecule has 0 fully saturated rings. The van der Waals surface area contributed by atoms with Crippen LogP contribution in [0.5, 0.6) is 0 Å². The third-order valence-corrected chi connectivity index (χ3v) is 2.88. The van der Waals surface area contributed by atoms with Crippen LogP contribution in [0.1, 0.15) is 0 Å². The van der Waals surface area contributed by atoms with Crippen LogP contribution in [-0.4, -0.2) is 0 Å². The van der Waals surface area contributed by atoms with Crippen molar-refractivity contribution >= 4 is 51.9 Å². The predicted molar refractivity (Wildman–Crippen MR) is 75.6 cm³/mol. The van der Waals surface area contributed by atoms with E-state index in [0.29, 0.717) is 20.8 Å². The molecule has 0 atom stereocenters. The van der Waals surface area contributed by atoms with Crippen molar-refractivity contribution in [1.82, 2.24) is 0 Å². The van der Waals surface area contributed by atoms with Gasteiger partial charge in [0.05, 0.1) is 10.7 Å². The predicted octanol–water partition coefficient (Wildman–Crippen LogP) is 4.97. The molecule has 0 aliphatic rings. The van der Waals surface area contributed by atoms with Crippen molar-refractivity contribution in [3.63, 3.8) is 0 Å². The highest BCUT2D eigenvalue weighted by atomic mass is 35.5. The molecule has 0 unspecified atom stereocenters. The van der Waals surface area contributed by atoms with Crippen molar-refractivity contribution < 1.29 is 0 Å². The van der Waals surface area contributed by atoms with Crippen LogP contribution in [0.4, 0.5) is 17.1 Å². The van der Waals surface area contributed by atoms with Crippen LogP contribution < -0.4 is 11.1 Å². The van der Waals surface area contributed by atoms with E-state index in [1.54, 1.807) is 36.4 Å². The fourth-order valence-corrected chi connectivity index (χ4v) is 2.18. The van der Waals surface area contributed by atoms with Crippen molar-refractivity contribution in [3.05, 3.63) is 51.5 Å². The van der Waals surface area contributed by atoms with E-state index in [0.717, 1.165) is 11.4 Å². The highest BCUT2D eigenvalue weighted by Gasteiger charge is 2.03. The molecule has 0 radical (unpaired) electrons. The standard InChI is InChI=1S/C12H9Cl3N2/c13-7-3-8(14)5-10(4-7)17-12-2-1-9(16)6-11(12)15/h1-6,17H,16H2. The number of nitrogens with one attached hydrogen (secondary N) is 1. The number of hydrogen-bond acceptors (Lipinski definition) is 2. The lowest BCUT2D eigenvalue weighted by Gasteiger charge is -2.09. The maximum absolute atomic E-state index is 6.05. The highest BCUT2D eigenvalue weighted by molar-refractivity contribution is 6.35. The lowest BCUT2D eigenvalue weighted by molar-refractivity contribution is 1.55. The molecular formula is C12H9Cl3N2. The van der Waals surface area contributed by atoms with Crippen LogP contribution >= 0.6 is 34.8 Å². The van der Waals surface area contributed by atoms with Gasteiger partial charge in [0, 0.05) is 21.4 Å². The molecule has 0 saturated carbocycles. The number of benzene rings is 2. The number of hydrogen-bond donors (Lipinski definition) is 2. The minimum absolute atomic E-state index is 0.543. The van der Waals surface area contributed by atoms with Crippen LogP contribution in [0.25, 0.3) is 0 Å². The summed E-state index contributed by atoms with van der Waals surface area (Å²) >= 11 is 17.9. The van der Waals surface area contributed by atoms with Crippen LogP contribution in [0.2, 0.25) is 15.1 Å². The zero-order valence-corrected chi connectivity index (χ0v) is 10.9. The van der Waals surface area contributed by atoms with E-state index in [4.69, 9.17) is 40.5 Å². The normalized spacial score (nSPS) is 10.3. The molecule has 88 valence electrons. The first-order chi connectivity index (χ1) is 8.04. The molecule has 5 heteroatoms. The minimum atomic E-state index is 0.543. The van der Waals surface area contributed by atoms with E-state index < -0.39 is 0 Å². The Kier molecular flexibility index (Phi) is 3.67. The highest BCUT2D eigenvalue weighted by Crippen LogP contribution is 2.30. The van der Waals surface area contributed by atoms with Crippen molar-refractivity contribution in [1.29, 1.82) is 0 Å². The topological polar surface area (TPSA) is 38.0 Å². The smallest absolute Gasteiger partial charge is 0.0661 e. The second kappa shape index (κ2) is 5.05. The van der Waals surface area contributed by atoms with Crippen molar-refractivity contribution in [3.8, 4) is 0 Å². The molecule has 2 nitrogen and oxygen atoms in total. The van der Waals surface area contributed by atoms with Gasteiger partial charge in [0.1, 0.15) is 0 Å². The molecule has 0 spiro atoms. The van der Waals surface area contributed by atoms with E-state index in [1.807, 2.05) is 0 Å². The number of nitrogen functional groups attached to an aromatic ring is 1.